The summed E-state index contributed by atoms with van der Waals surface area (Å²) < 4.78 is 1.30. The highest BCUT2D eigenvalue weighted by Gasteiger charge is 2.26. The molecular formula is C17H26BrN. The van der Waals surface area contributed by atoms with Crippen LogP contribution in [0.1, 0.15) is 62.6 Å². The van der Waals surface area contributed by atoms with Crippen LogP contribution in [0.25, 0.3) is 0 Å². The van der Waals surface area contributed by atoms with Gasteiger partial charge in [0.25, 0.3) is 0 Å². The van der Waals surface area contributed by atoms with Crippen LogP contribution in [0.5, 0.6) is 0 Å². The molecular weight excluding hydrogens is 298 g/mol. The molecule has 0 radical (unpaired) electrons. The van der Waals surface area contributed by atoms with E-state index in [-0.39, 0.29) is 0 Å². The van der Waals surface area contributed by atoms with E-state index in [2.05, 4.69) is 53.3 Å². The zero-order valence-electron chi connectivity index (χ0n) is 12.2. The predicted octanol–water partition coefficient (Wildman–Crippen LogP) is 5.38. The molecule has 106 valence electrons. The van der Waals surface area contributed by atoms with Gasteiger partial charge in [-0.25, -0.2) is 0 Å². The molecule has 1 saturated carbocycles. The van der Waals surface area contributed by atoms with Crippen LogP contribution in [0.3, 0.4) is 0 Å². The summed E-state index contributed by atoms with van der Waals surface area (Å²) in [5, 5.41) is 3.79. The van der Waals surface area contributed by atoms with Crippen molar-refractivity contribution in [1.82, 2.24) is 5.32 Å². The van der Waals surface area contributed by atoms with Crippen LogP contribution in [0.2, 0.25) is 0 Å². The third-order valence-corrected chi connectivity index (χ3v) is 5.38. The fraction of sp³-hybridized carbons (Fsp3) is 0.647. The maximum absolute atomic E-state index is 3.80. The van der Waals surface area contributed by atoms with Gasteiger partial charge in [0.15, 0.2) is 0 Å². The van der Waals surface area contributed by atoms with E-state index in [1.54, 1.807) is 0 Å². The van der Waals surface area contributed by atoms with E-state index in [4.69, 9.17) is 0 Å². The van der Waals surface area contributed by atoms with Crippen molar-refractivity contribution in [3.8, 4) is 0 Å². The Balaban J connectivity index is 2.22. The molecule has 2 rings (SSSR count). The normalized spacial score (nSPS) is 18.5. The van der Waals surface area contributed by atoms with Crippen LogP contribution in [-0.4, -0.2) is 6.54 Å². The first-order valence-electron chi connectivity index (χ1n) is 7.72. The first-order chi connectivity index (χ1) is 9.24. The zero-order valence-corrected chi connectivity index (χ0v) is 13.8. The molecule has 1 aliphatic carbocycles. The van der Waals surface area contributed by atoms with Crippen molar-refractivity contribution in [2.45, 2.75) is 58.4 Å². The second-order valence-corrected chi connectivity index (χ2v) is 6.60. The predicted molar refractivity (Wildman–Crippen MR) is 86.5 cm³/mol. The molecule has 1 aromatic carbocycles. The van der Waals surface area contributed by atoms with E-state index < -0.39 is 0 Å². The summed E-state index contributed by atoms with van der Waals surface area (Å²) in [4.78, 5) is 0. The van der Waals surface area contributed by atoms with Crippen molar-refractivity contribution in [3.05, 3.63) is 33.8 Å². The van der Waals surface area contributed by atoms with Gasteiger partial charge in [0.2, 0.25) is 0 Å². The molecule has 0 heterocycles. The van der Waals surface area contributed by atoms with E-state index in [0.29, 0.717) is 6.04 Å². The summed E-state index contributed by atoms with van der Waals surface area (Å²) in [7, 11) is 0. The third kappa shape index (κ3) is 3.82. The summed E-state index contributed by atoms with van der Waals surface area (Å²) in [5.41, 5.74) is 2.80. The van der Waals surface area contributed by atoms with Gasteiger partial charge in [-0.1, -0.05) is 60.3 Å². The topological polar surface area (TPSA) is 12.0 Å². The van der Waals surface area contributed by atoms with E-state index >= 15 is 0 Å². The number of rotatable bonds is 5. The second kappa shape index (κ2) is 7.44. The lowest BCUT2D eigenvalue weighted by atomic mass is 9.81. The highest BCUT2D eigenvalue weighted by Crippen LogP contribution is 2.38. The van der Waals surface area contributed by atoms with Gasteiger partial charge in [0.1, 0.15) is 0 Å². The van der Waals surface area contributed by atoms with E-state index in [1.165, 1.54) is 54.1 Å². The maximum atomic E-state index is 3.80. The Hall–Kier alpha value is -0.340. The van der Waals surface area contributed by atoms with Gasteiger partial charge in [-0.05, 0) is 49.8 Å². The van der Waals surface area contributed by atoms with Gasteiger partial charge in [-0.15, -0.1) is 0 Å². The molecule has 1 fully saturated rings. The lowest BCUT2D eigenvalue weighted by Crippen LogP contribution is -2.30. The third-order valence-electron chi connectivity index (χ3n) is 4.29. The molecule has 2 heteroatoms. The number of halogens is 1. The smallest absolute Gasteiger partial charge is 0.0359 e. The van der Waals surface area contributed by atoms with Gasteiger partial charge in [-0.2, -0.15) is 0 Å². The molecule has 0 saturated heterocycles. The summed E-state index contributed by atoms with van der Waals surface area (Å²) in [6.07, 6.45) is 8.18. The lowest BCUT2D eigenvalue weighted by molar-refractivity contribution is 0.271. The number of benzene rings is 1. The van der Waals surface area contributed by atoms with E-state index in [0.717, 1.165) is 12.5 Å². The molecule has 1 unspecified atom stereocenters. The minimum absolute atomic E-state index is 0.523. The number of nitrogens with one attached hydrogen (secondary N) is 1. The monoisotopic (exact) mass is 323 g/mol. The molecule has 0 aliphatic heterocycles. The maximum Gasteiger partial charge on any atom is 0.0359 e. The molecule has 1 nitrogen and oxygen atoms in total. The molecule has 0 bridgehead atoms. The van der Waals surface area contributed by atoms with Crippen molar-refractivity contribution in [3.63, 3.8) is 0 Å². The minimum Gasteiger partial charge on any atom is -0.310 e. The van der Waals surface area contributed by atoms with Crippen molar-refractivity contribution in [2.24, 2.45) is 5.92 Å². The van der Waals surface area contributed by atoms with Crippen molar-refractivity contribution in [2.75, 3.05) is 6.54 Å². The Morgan fingerprint density at radius 2 is 2.00 bits per heavy atom. The van der Waals surface area contributed by atoms with E-state index in [1.807, 2.05) is 0 Å². The van der Waals surface area contributed by atoms with Crippen LogP contribution >= 0.6 is 15.9 Å². The molecule has 0 aromatic heterocycles. The van der Waals surface area contributed by atoms with E-state index in [9.17, 15) is 0 Å². The molecule has 0 spiro atoms. The zero-order chi connectivity index (χ0) is 13.7. The number of hydrogen-bond donors (Lipinski definition) is 1. The number of hydrogen-bond acceptors (Lipinski definition) is 1. The second-order valence-electron chi connectivity index (χ2n) is 5.81. The summed E-state index contributed by atoms with van der Waals surface area (Å²) in [6.45, 7) is 5.54. The SMILES string of the molecule is CCCNC(c1cccc(C)c1Br)C1CCCCC1. The molecule has 0 amide bonds. The fourth-order valence-electron chi connectivity index (χ4n) is 3.21. The van der Waals surface area contributed by atoms with Crippen LogP contribution in [0.15, 0.2) is 22.7 Å². The molecule has 19 heavy (non-hydrogen) atoms. The Morgan fingerprint density at radius 1 is 1.26 bits per heavy atom. The Kier molecular flexibility index (Phi) is 5.90. The van der Waals surface area contributed by atoms with Crippen LogP contribution in [-0.2, 0) is 0 Å². The standard InChI is InChI=1S/C17H26BrN/c1-3-12-19-17(14-9-5-4-6-10-14)15-11-7-8-13(2)16(15)18/h7-8,11,14,17,19H,3-6,9-10,12H2,1-2H3. The molecule has 1 aromatic rings. The van der Waals surface area contributed by atoms with Gasteiger partial charge in [-0.3, -0.25) is 0 Å². The van der Waals surface area contributed by atoms with Crippen molar-refractivity contribution in [1.29, 1.82) is 0 Å². The van der Waals surface area contributed by atoms with Gasteiger partial charge in [0.05, 0.1) is 0 Å². The summed E-state index contributed by atoms with van der Waals surface area (Å²) >= 11 is 3.80. The number of aryl methyl sites for hydroxylation is 1. The molecule has 1 aliphatic rings. The highest BCUT2D eigenvalue weighted by atomic mass is 79.9. The van der Waals surface area contributed by atoms with Crippen LogP contribution < -0.4 is 5.32 Å². The molecule has 1 N–H and O–H groups in total. The average molecular weight is 324 g/mol. The first-order valence-corrected chi connectivity index (χ1v) is 8.51. The average Bonchev–Trinajstić information content (AvgIpc) is 2.45. The Morgan fingerprint density at radius 3 is 2.68 bits per heavy atom. The lowest BCUT2D eigenvalue weighted by Gasteiger charge is -2.32. The summed E-state index contributed by atoms with van der Waals surface area (Å²) in [6, 6.07) is 7.19. The fourth-order valence-corrected chi connectivity index (χ4v) is 3.72. The van der Waals surface area contributed by atoms with Crippen molar-refractivity contribution >= 4 is 15.9 Å². The van der Waals surface area contributed by atoms with Gasteiger partial charge in [0, 0.05) is 10.5 Å². The Bertz CT molecular complexity index is 396. The van der Waals surface area contributed by atoms with Gasteiger partial charge >= 0.3 is 0 Å². The summed E-state index contributed by atoms with van der Waals surface area (Å²) in [5.74, 6) is 0.804. The quantitative estimate of drug-likeness (QED) is 0.767. The van der Waals surface area contributed by atoms with Crippen LogP contribution in [0.4, 0.5) is 0 Å². The first kappa shape index (κ1) is 15.1. The molecule has 1 atom stereocenters. The highest BCUT2D eigenvalue weighted by molar-refractivity contribution is 9.10. The minimum atomic E-state index is 0.523. The van der Waals surface area contributed by atoms with Gasteiger partial charge < -0.3 is 5.32 Å². The largest absolute Gasteiger partial charge is 0.310 e. The van der Waals surface area contributed by atoms with Crippen LogP contribution in [0, 0.1) is 12.8 Å². The Labute approximate surface area is 126 Å². The van der Waals surface area contributed by atoms with Crippen molar-refractivity contribution < 1.29 is 0 Å².